The van der Waals surface area contributed by atoms with Gasteiger partial charge in [-0.2, -0.15) is 0 Å². The van der Waals surface area contributed by atoms with E-state index in [0.717, 1.165) is 0 Å². The van der Waals surface area contributed by atoms with Crippen molar-refractivity contribution in [1.29, 1.82) is 0 Å². The van der Waals surface area contributed by atoms with Gasteiger partial charge in [0.1, 0.15) is 14.1 Å². The van der Waals surface area contributed by atoms with Gasteiger partial charge in [0.15, 0.2) is 12.4 Å². The molecule has 0 unspecified atom stereocenters. The van der Waals surface area contributed by atoms with Crippen LogP contribution in [-0.4, -0.2) is 0 Å². The predicted octanol–water partition coefficient (Wildman–Crippen LogP) is -0.356. The highest BCUT2D eigenvalue weighted by Gasteiger charge is 2.08. The Morgan fingerprint density at radius 1 is 1.11 bits per heavy atom. The Morgan fingerprint density at radius 3 is 1.89 bits per heavy atom. The standard InChI is InChI=1S/C7H12N2/c1-7-8(2)5-4-6-9(7)3/h4-6H,1-3H3/q+2. The number of hydrogen-bond donors (Lipinski definition) is 0. The summed E-state index contributed by atoms with van der Waals surface area (Å²) in [6, 6.07) is 2.02. The molecular formula is C7H12N2+2. The third-order valence-electron chi connectivity index (χ3n) is 1.64. The van der Waals surface area contributed by atoms with E-state index in [-0.39, 0.29) is 0 Å². The van der Waals surface area contributed by atoms with Gasteiger partial charge in [-0.1, -0.05) is 0 Å². The van der Waals surface area contributed by atoms with Crippen molar-refractivity contribution in [3.05, 3.63) is 24.3 Å². The molecule has 0 atom stereocenters. The van der Waals surface area contributed by atoms with Crippen molar-refractivity contribution >= 4 is 0 Å². The second-order valence-electron chi connectivity index (χ2n) is 2.26. The molecule has 0 aromatic carbocycles. The van der Waals surface area contributed by atoms with E-state index in [9.17, 15) is 0 Å². The van der Waals surface area contributed by atoms with Crippen LogP contribution in [0.15, 0.2) is 18.5 Å². The Balaban J connectivity index is 3.25. The summed E-state index contributed by atoms with van der Waals surface area (Å²) in [5.41, 5.74) is 0. The smallest absolute Gasteiger partial charge is 0.150 e. The molecule has 0 aliphatic heterocycles. The SMILES string of the molecule is Cc1[n+](C)ccc[n+]1C. The van der Waals surface area contributed by atoms with Crippen LogP contribution < -0.4 is 9.13 Å². The van der Waals surface area contributed by atoms with Crippen LogP contribution in [0.1, 0.15) is 5.82 Å². The third kappa shape index (κ3) is 1.07. The zero-order valence-corrected chi connectivity index (χ0v) is 6.13. The second-order valence-corrected chi connectivity index (χ2v) is 2.26. The van der Waals surface area contributed by atoms with Gasteiger partial charge in [0.2, 0.25) is 0 Å². The summed E-state index contributed by atoms with van der Waals surface area (Å²) < 4.78 is 4.17. The van der Waals surface area contributed by atoms with E-state index in [1.165, 1.54) is 5.82 Å². The fourth-order valence-electron chi connectivity index (χ4n) is 0.761. The number of aryl methyl sites for hydroxylation is 2. The van der Waals surface area contributed by atoms with Crippen LogP contribution in [0.4, 0.5) is 0 Å². The maximum absolute atomic E-state index is 2.08. The summed E-state index contributed by atoms with van der Waals surface area (Å²) in [5, 5.41) is 0. The van der Waals surface area contributed by atoms with Gasteiger partial charge in [-0.3, -0.25) is 0 Å². The largest absolute Gasteiger partial charge is 0.414 e. The lowest BCUT2D eigenvalue weighted by Crippen LogP contribution is -2.47. The Labute approximate surface area is 55.4 Å². The van der Waals surface area contributed by atoms with Gasteiger partial charge in [0.05, 0.1) is 13.0 Å². The van der Waals surface area contributed by atoms with Crippen LogP contribution in [0.5, 0.6) is 0 Å². The predicted molar refractivity (Wildman–Crippen MR) is 33.5 cm³/mol. The molecule has 2 nitrogen and oxygen atoms in total. The molecule has 0 saturated carbocycles. The molecule has 0 bridgehead atoms. The summed E-state index contributed by atoms with van der Waals surface area (Å²) in [6.07, 6.45) is 4.07. The van der Waals surface area contributed by atoms with Crippen molar-refractivity contribution in [2.24, 2.45) is 14.1 Å². The second kappa shape index (κ2) is 2.13. The van der Waals surface area contributed by atoms with Crippen LogP contribution in [0.3, 0.4) is 0 Å². The van der Waals surface area contributed by atoms with Crippen molar-refractivity contribution in [2.45, 2.75) is 6.92 Å². The molecule has 0 fully saturated rings. The van der Waals surface area contributed by atoms with Crippen molar-refractivity contribution in [1.82, 2.24) is 0 Å². The minimum atomic E-state index is 1.25. The third-order valence-corrected chi connectivity index (χ3v) is 1.64. The first-order valence-electron chi connectivity index (χ1n) is 3.02. The van der Waals surface area contributed by atoms with Gasteiger partial charge in [-0.15, -0.1) is 9.13 Å². The minimum Gasteiger partial charge on any atom is -0.150 e. The molecule has 0 aliphatic rings. The quantitative estimate of drug-likeness (QED) is 0.417. The molecule has 9 heavy (non-hydrogen) atoms. The summed E-state index contributed by atoms with van der Waals surface area (Å²) in [6.45, 7) is 2.08. The van der Waals surface area contributed by atoms with Gasteiger partial charge in [0.25, 0.3) is 0 Å². The van der Waals surface area contributed by atoms with E-state index < -0.39 is 0 Å². The zero-order valence-electron chi connectivity index (χ0n) is 6.13. The summed E-state index contributed by atoms with van der Waals surface area (Å²) in [7, 11) is 4.07. The molecule has 1 aromatic rings. The van der Waals surface area contributed by atoms with Crippen molar-refractivity contribution < 1.29 is 9.13 Å². The Morgan fingerprint density at radius 2 is 1.56 bits per heavy atom. The van der Waals surface area contributed by atoms with Gasteiger partial charge >= 0.3 is 5.82 Å². The average Bonchev–Trinajstić information content (AvgIpc) is 1.83. The van der Waals surface area contributed by atoms with E-state index in [0.29, 0.717) is 0 Å². The lowest BCUT2D eigenvalue weighted by molar-refractivity contribution is -0.814. The molecule has 0 radical (unpaired) electrons. The van der Waals surface area contributed by atoms with Crippen molar-refractivity contribution in [3.8, 4) is 0 Å². The number of aromatic nitrogens is 2. The Hall–Kier alpha value is -0.920. The highest BCUT2D eigenvalue weighted by Crippen LogP contribution is 1.73. The molecule has 0 saturated heterocycles. The normalized spacial score (nSPS) is 9.67. The highest BCUT2D eigenvalue weighted by molar-refractivity contribution is 4.66. The zero-order chi connectivity index (χ0) is 6.85. The van der Waals surface area contributed by atoms with Gasteiger partial charge < -0.3 is 0 Å². The topological polar surface area (TPSA) is 7.76 Å². The first-order chi connectivity index (χ1) is 4.22. The molecule has 1 rings (SSSR count). The highest BCUT2D eigenvalue weighted by atomic mass is 15.1. The molecule has 0 spiro atoms. The lowest BCUT2D eigenvalue weighted by Gasteiger charge is -1.88. The molecular weight excluding hydrogens is 112 g/mol. The van der Waals surface area contributed by atoms with Gasteiger partial charge in [-0.05, 0) is 0 Å². The molecule has 1 heterocycles. The summed E-state index contributed by atoms with van der Waals surface area (Å²) in [5.74, 6) is 1.25. The average molecular weight is 124 g/mol. The molecule has 0 amide bonds. The van der Waals surface area contributed by atoms with E-state index in [1.807, 2.05) is 32.6 Å². The van der Waals surface area contributed by atoms with Crippen molar-refractivity contribution in [2.75, 3.05) is 0 Å². The maximum atomic E-state index is 2.08. The van der Waals surface area contributed by atoms with Gasteiger partial charge in [-0.25, -0.2) is 0 Å². The molecule has 1 aromatic heterocycles. The summed E-state index contributed by atoms with van der Waals surface area (Å²) >= 11 is 0. The van der Waals surface area contributed by atoms with Crippen molar-refractivity contribution in [3.63, 3.8) is 0 Å². The van der Waals surface area contributed by atoms with Crippen LogP contribution in [0.25, 0.3) is 0 Å². The van der Waals surface area contributed by atoms with E-state index in [1.54, 1.807) is 0 Å². The Kier molecular flexibility index (Phi) is 1.47. The first kappa shape index (κ1) is 6.20. The van der Waals surface area contributed by atoms with Crippen LogP contribution in [-0.2, 0) is 14.1 Å². The van der Waals surface area contributed by atoms with Crippen LogP contribution in [0, 0.1) is 6.92 Å². The molecule has 48 valence electrons. The lowest BCUT2D eigenvalue weighted by atomic mass is 10.5. The van der Waals surface area contributed by atoms with Crippen LogP contribution in [0.2, 0.25) is 0 Å². The summed E-state index contributed by atoms with van der Waals surface area (Å²) in [4.78, 5) is 0. The molecule has 0 aliphatic carbocycles. The fraction of sp³-hybridized carbons (Fsp3) is 0.429. The molecule has 2 heteroatoms. The van der Waals surface area contributed by atoms with Crippen LogP contribution >= 0.6 is 0 Å². The monoisotopic (exact) mass is 124 g/mol. The number of nitrogens with zero attached hydrogens (tertiary/aromatic N) is 2. The van der Waals surface area contributed by atoms with Gasteiger partial charge in [0, 0.05) is 0 Å². The fourth-order valence-corrected chi connectivity index (χ4v) is 0.761. The Bertz CT molecular complexity index is 198. The maximum Gasteiger partial charge on any atom is 0.414 e. The first-order valence-corrected chi connectivity index (χ1v) is 3.02. The number of hydrogen-bond acceptors (Lipinski definition) is 0. The van der Waals surface area contributed by atoms with E-state index >= 15 is 0 Å². The van der Waals surface area contributed by atoms with E-state index in [4.69, 9.17) is 0 Å². The number of rotatable bonds is 0. The van der Waals surface area contributed by atoms with E-state index in [2.05, 4.69) is 16.1 Å². The molecule has 0 N–H and O–H groups in total. The minimum absolute atomic E-state index is 1.25.